The number of thiazole rings is 1. The van der Waals surface area contributed by atoms with E-state index in [9.17, 15) is 4.79 Å². The number of nitrogens with two attached hydrogens (primary N) is 1. The molecule has 1 aromatic heterocycles. The highest BCUT2D eigenvalue weighted by atomic mass is 32.1. The zero-order valence-corrected chi connectivity index (χ0v) is 16.8. The van der Waals surface area contributed by atoms with Crippen molar-refractivity contribution in [2.75, 3.05) is 18.9 Å². The van der Waals surface area contributed by atoms with Crippen molar-refractivity contribution in [3.05, 3.63) is 34.3 Å². The van der Waals surface area contributed by atoms with Crippen LogP contribution in [0.4, 0.5) is 5.13 Å². The summed E-state index contributed by atoms with van der Waals surface area (Å²) in [5, 5.41) is 4.41. The molecule has 0 saturated heterocycles. The third-order valence-corrected chi connectivity index (χ3v) is 4.58. The highest BCUT2D eigenvalue weighted by molar-refractivity contribution is 7.17. The van der Waals surface area contributed by atoms with Gasteiger partial charge in [-0.15, -0.1) is 0 Å². The lowest BCUT2D eigenvalue weighted by Crippen LogP contribution is -2.17. The highest BCUT2D eigenvalue weighted by Gasteiger charge is 2.15. The molecule has 0 aliphatic carbocycles. The van der Waals surface area contributed by atoms with Gasteiger partial charge < -0.3 is 15.2 Å². The van der Waals surface area contributed by atoms with E-state index < -0.39 is 0 Å². The van der Waals surface area contributed by atoms with E-state index in [2.05, 4.69) is 22.4 Å². The first-order chi connectivity index (χ1) is 13.1. The summed E-state index contributed by atoms with van der Waals surface area (Å²) in [5.41, 5.74) is 9.68. The van der Waals surface area contributed by atoms with E-state index in [1.807, 2.05) is 32.0 Å². The molecule has 0 radical (unpaired) electrons. The number of rotatable bonds is 10. The van der Waals surface area contributed by atoms with Crippen molar-refractivity contribution >= 4 is 28.6 Å². The molecule has 7 nitrogen and oxygen atoms in total. The summed E-state index contributed by atoms with van der Waals surface area (Å²) in [7, 11) is 0. The van der Waals surface area contributed by atoms with Gasteiger partial charge in [-0.3, -0.25) is 4.79 Å². The molecule has 3 N–H and O–H groups in total. The second kappa shape index (κ2) is 10.5. The number of hydrogen-bond donors (Lipinski definition) is 2. The smallest absolute Gasteiger partial charge is 0.283 e. The van der Waals surface area contributed by atoms with Crippen LogP contribution in [0.5, 0.6) is 11.5 Å². The SMILES string of the molecule is CCCCOc1cc(C=NNC(=O)c2sc(N)nc2CC)ccc1OCC. The molecule has 27 heavy (non-hydrogen) atoms. The predicted octanol–water partition coefficient (Wildman–Crippen LogP) is 3.63. The van der Waals surface area contributed by atoms with Crippen LogP contribution in [0.15, 0.2) is 23.3 Å². The number of anilines is 1. The Morgan fingerprint density at radius 3 is 2.81 bits per heavy atom. The van der Waals surface area contributed by atoms with Crippen molar-refractivity contribution in [2.24, 2.45) is 5.10 Å². The number of benzene rings is 1. The molecule has 0 atom stereocenters. The Balaban J connectivity index is 2.06. The summed E-state index contributed by atoms with van der Waals surface area (Å²) in [4.78, 5) is 16.9. The summed E-state index contributed by atoms with van der Waals surface area (Å²) in [6.07, 6.45) is 4.23. The van der Waals surface area contributed by atoms with E-state index in [0.29, 0.717) is 46.8 Å². The van der Waals surface area contributed by atoms with Crippen LogP contribution in [0, 0.1) is 0 Å². The second-order valence-corrected chi connectivity index (χ2v) is 6.75. The number of nitrogens with zero attached hydrogens (tertiary/aromatic N) is 2. The lowest BCUT2D eigenvalue weighted by atomic mass is 10.2. The molecule has 0 fully saturated rings. The van der Waals surface area contributed by atoms with Gasteiger partial charge in [0.1, 0.15) is 4.88 Å². The van der Waals surface area contributed by atoms with Crippen molar-refractivity contribution in [1.82, 2.24) is 10.4 Å². The van der Waals surface area contributed by atoms with Gasteiger partial charge in [-0.05, 0) is 43.5 Å². The molecule has 0 unspecified atom stereocenters. The van der Waals surface area contributed by atoms with Crippen molar-refractivity contribution in [2.45, 2.75) is 40.0 Å². The first kappa shape index (κ1) is 20.7. The van der Waals surface area contributed by atoms with E-state index in [0.717, 1.165) is 29.7 Å². The van der Waals surface area contributed by atoms with Gasteiger partial charge in [-0.2, -0.15) is 5.10 Å². The molecule has 0 aliphatic rings. The molecule has 8 heteroatoms. The summed E-state index contributed by atoms with van der Waals surface area (Å²) < 4.78 is 11.4. The first-order valence-electron chi connectivity index (χ1n) is 9.07. The Labute approximate surface area is 163 Å². The number of hydrazone groups is 1. The van der Waals surface area contributed by atoms with Crippen molar-refractivity contribution < 1.29 is 14.3 Å². The van der Waals surface area contributed by atoms with Gasteiger partial charge in [-0.25, -0.2) is 10.4 Å². The second-order valence-electron chi connectivity index (χ2n) is 5.72. The van der Waals surface area contributed by atoms with Gasteiger partial charge in [0.25, 0.3) is 5.91 Å². The van der Waals surface area contributed by atoms with Gasteiger partial charge >= 0.3 is 0 Å². The van der Waals surface area contributed by atoms with Crippen LogP contribution >= 0.6 is 11.3 Å². The van der Waals surface area contributed by atoms with E-state index in [1.165, 1.54) is 0 Å². The van der Waals surface area contributed by atoms with Crippen LogP contribution in [-0.2, 0) is 6.42 Å². The number of carbonyl (C=O) groups is 1. The van der Waals surface area contributed by atoms with Crippen LogP contribution in [0.1, 0.15) is 54.5 Å². The van der Waals surface area contributed by atoms with Gasteiger partial charge in [-0.1, -0.05) is 31.6 Å². The fourth-order valence-electron chi connectivity index (χ4n) is 2.32. The number of hydrogen-bond acceptors (Lipinski definition) is 7. The molecule has 146 valence electrons. The van der Waals surface area contributed by atoms with Crippen molar-refractivity contribution in [1.29, 1.82) is 0 Å². The minimum absolute atomic E-state index is 0.317. The normalized spacial score (nSPS) is 10.9. The average Bonchev–Trinajstić information content (AvgIpc) is 3.05. The van der Waals surface area contributed by atoms with Gasteiger partial charge in [0.15, 0.2) is 16.6 Å². The Morgan fingerprint density at radius 1 is 1.30 bits per heavy atom. The maximum atomic E-state index is 12.3. The largest absolute Gasteiger partial charge is 0.490 e. The molecular formula is C19H26N4O3S. The lowest BCUT2D eigenvalue weighted by molar-refractivity contribution is 0.0958. The first-order valence-corrected chi connectivity index (χ1v) is 9.88. The Hall–Kier alpha value is -2.61. The maximum Gasteiger partial charge on any atom is 0.283 e. The number of unbranched alkanes of at least 4 members (excludes halogenated alkanes) is 1. The van der Waals surface area contributed by atoms with Gasteiger partial charge in [0, 0.05) is 0 Å². The molecular weight excluding hydrogens is 364 g/mol. The lowest BCUT2D eigenvalue weighted by Gasteiger charge is -2.12. The van der Waals surface area contributed by atoms with Gasteiger partial charge in [0.05, 0.1) is 25.1 Å². The Kier molecular flexibility index (Phi) is 8.06. The number of nitrogen functional groups attached to an aromatic ring is 1. The molecule has 1 heterocycles. The molecule has 0 spiro atoms. The van der Waals surface area contributed by atoms with Crippen LogP contribution in [0.3, 0.4) is 0 Å². The van der Waals surface area contributed by atoms with Crippen molar-refractivity contribution in [3.8, 4) is 11.5 Å². The average molecular weight is 391 g/mol. The summed E-state index contributed by atoms with van der Waals surface area (Å²) in [5.74, 6) is 1.05. The minimum Gasteiger partial charge on any atom is -0.490 e. The fraction of sp³-hybridized carbons (Fsp3) is 0.421. The van der Waals surface area contributed by atoms with Crippen LogP contribution in [0.2, 0.25) is 0 Å². The Morgan fingerprint density at radius 2 is 2.11 bits per heavy atom. The van der Waals surface area contributed by atoms with Crippen LogP contribution < -0.4 is 20.6 Å². The van der Waals surface area contributed by atoms with E-state index in [4.69, 9.17) is 15.2 Å². The van der Waals surface area contributed by atoms with Crippen LogP contribution in [0.25, 0.3) is 0 Å². The number of carbonyl (C=O) groups excluding carboxylic acids is 1. The molecule has 1 aromatic carbocycles. The van der Waals surface area contributed by atoms with E-state index >= 15 is 0 Å². The molecule has 0 aliphatic heterocycles. The number of amides is 1. The predicted molar refractivity (Wildman–Crippen MR) is 109 cm³/mol. The zero-order valence-electron chi connectivity index (χ0n) is 15.9. The molecule has 1 amide bonds. The highest BCUT2D eigenvalue weighted by Crippen LogP contribution is 2.28. The molecule has 2 aromatic rings. The molecule has 0 saturated carbocycles. The summed E-state index contributed by atoms with van der Waals surface area (Å²) >= 11 is 1.16. The third-order valence-electron chi connectivity index (χ3n) is 3.66. The number of aryl methyl sites for hydroxylation is 1. The molecule has 2 rings (SSSR count). The zero-order chi connectivity index (χ0) is 19.6. The topological polar surface area (TPSA) is 98.8 Å². The summed E-state index contributed by atoms with van der Waals surface area (Å²) in [6.45, 7) is 7.15. The van der Waals surface area contributed by atoms with Crippen molar-refractivity contribution in [3.63, 3.8) is 0 Å². The molecule has 0 bridgehead atoms. The number of ether oxygens (including phenoxy) is 2. The Bertz CT molecular complexity index is 789. The van der Waals surface area contributed by atoms with E-state index in [1.54, 1.807) is 6.21 Å². The quantitative estimate of drug-likeness (QED) is 0.367. The third kappa shape index (κ3) is 5.96. The fourth-order valence-corrected chi connectivity index (χ4v) is 3.13. The van der Waals surface area contributed by atoms with Crippen LogP contribution in [-0.4, -0.2) is 30.3 Å². The van der Waals surface area contributed by atoms with Gasteiger partial charge in [0.2, 0.25) is 0 Å². The minimum atomic E-state index is -0.317. The standard InChI is InChI=1S/C19H26N4O3S/c1-4-7-10-26-16-11-13(8-9-15(16)25-6-3)12-21-23-18(24)17-14(5-2)22-19(20)27-17/h8-9,11-12H,4-7,10H2,1-3H3,(H2,20,22)(H,23,24). The van der Waals surface area contributed by atoms with E-state index in [-0.39, 0.29) is 5.91 Å². The maximum absolute atomic E-state index is 12.3. The summed E-state index contributed by atoms with van der Waals surface area (Å²) in [6, 6.07) is 5.54. The number of nitrogens with one attached hydrogen (secondary N) is 1. The monoisotopic (exact) mass is 390 g/mol. The number of aromatic nitrogens is 1.